The molecule has 3 aliphatic rings. The van der Waals surface area contributed by atoms with E-state index < -0.39 is 41.8 Å². The van der Waals surface area contributed by atoms with Crippen molar-refractivity contribution in [3.8, 4) is 5.75 Å². The van der Waals surface area contributed by atoms with Crippen LogP contribution in [0.2, 0.25) is 0 Å². The monoisotopic (exact) mass is 543 g/mol. The number of rotatable bonds is 5. The van der Waals surface area contributed by atoms with Crippen molar-refractivity contribution in [1.82, 2.24) is 4.90 Å². The van der Waals surface area contributed by atoms with Gasteiger partial charge in [0.2, 0.25) is 0 Å². The van der Waals surface area contributed by atoms with E-state index in [2.05, 4.69) is 4.90 Å². The molecule has 0 aromatic heterocycles. The van der Waals surface area contributed by atoms with Crippen LogP contribution >= 0.6 is 0 Å². The summed E-state index contributed by atoms with van der Waals surface area (Å²) < 4.78 is 88.0. The number of benzene rings is 2. The highest BCUT2D eigenvalue weighted by molar-refractivity contribution is 5.89. The van der Waals surface area contributed by atoms with Gasteiger partial charge in [-0.05, 0) is 86.8 Å². The Labute approximate surface area is 216 Å². The number of hydrogen-bond donors (Lipinski definition) is 1. The zero-order valence-corrected chi connectivity index (χ0v) is 21.0. The van der Waals surface area contributed by atoms with Gasteiger partial charge < -0.3 is 9.84 Å². The van der Waals surface area contributed by atoms with Crippen molar-refractivity contribution in [2.24, 2.45) is 11.8 Å². The lowest BCUT2D eigenvalue weighted by atomic mass is 9.87. The molecule has 5 rings (SSSR count). The predicted molar refractivity (Wildman–Crippen MR) is 129 cm³/mol. The lowest BCUT2D eigenvalue weighted by molar-refractivity contribution is -0.185. The van der Waals surface area contributed by atoms with Gasteiger partial charge in [0, 0.05) is 18.1 Å². The van der Waals surface area contributed by atoms with Gasteiger partial charge in [-0.25, -0.2) is 0 Å². The minimum atomic E-state index is -4.72. The van der Waals surface area contributed by atoms with E-state index in [9.17, 15) is 36.2 Å². The summed E-state index contributed by atoms with van der Waals surface area (Å²) in [6.07, 6.45) is -7.16. The van der Waals surface area contributed by atoms with Gasteiger partial charge in [0.05, 0.1) is 17.9 Å². The molecule has 2 aromatic rings. The fourth-order valence-corrected chi connectivity index (χ4v) is 6.87. The highest BCUT2D eigenvalue weighted by atomic mass is 19.4. The second-order valence-electron chi connectivity index (χ2n) is 11.1. The molecule has 10 heteroatoms. The van der Waals surface area contributed by atoms with Crippen molar-refractivity contribution in [3.63, 3.8) is 0 Å². The van der Waals surface area contributed by atoms with Crippen LogP contribution in [-0.2, 0) is 11.0 Å². The lowest BCUT2D eigenvalue weighted by Crippen LogP contribution is -2.45. The van der Waals surface area contributed by atoms with Crippen LogP contribution in [0.5, 0.6) is 5.75 Å². The van der Waals surface area contributed by atoms with E-state index >= 15 is 0 Å². The second-order valence-corrected chi connectivity index (χ2v) is 11.1. The van der Waals surface area contributed by atoms with Crippen LogP contribution in [0.15, 0.2) is 30.3 Å². The summed E-state index contributed by atoms with van der Waals surface area (Å²) >= 11 is 0. The number of aliphatic carboxylic acids is 1. The number of fused-ring (bicyclic) bond motifs is 3. The molecule has 2 aromatic carbocycles. The van der Waals surface area contributed by atoms with Crippen molar-refractivity contribution < 1.29 is 41.0 Å². The Kier molecular flexibility index (Phi) is 7.07. The van der Waals surface area contributed by atoms with Crippen molar-refractivity contribution in [2.75, 3.05) is 0 Å². The number of ether oxygens (including phenoxy) is 1. The Balaban J connectivity index is 1.43. The smallest absolute Gasteiger partial charge is 0.420 e. The molecule has 0 spiro atoms. The van der Waals surface area contributed by atoms with Gasteiger partial charge in [-0.1, -0.05) is 18.2 Å². The quantitative estimate of drug-likeness (QED) is 0.392. The largest absolute Gasteiger partial charge is 0.490 e. The third-order valence-electron chi connectivity index (χ3n) is 8.79. The van der Waals surface area contributed by atoms with Gasteiger partial charge in [0.15, 0.2) is 0 Å². The number of hydrogen-bond acceptors (Lipinski definition) is 3. The fourth-order valence-electron chi connectivity index (χ4n) is 6.87. The second kappa shape index (κ2) is 9.92. The molecule has 1 saturated carbocycles. The van der Waals surface area contributed by atoms with E-state index in [0.29, 0.717) is 23.8 Å². The first-order chi connectivity index (χ1) is 17.8. The van der Waals surface area contributed by atoms with Gasteiger partial charge in [-0.3, -0.25) is 9.69 Å². The first-order valence-corrected chi connectivity index (χ1v) is 13.2. The molecule has 3 atom stereocenters. The zero-order chi connectivity index (χ0) is 27.4. The Morgan fingerprint density at radius 3 is 2.11 bits per heavy atom. The number of nitrogens with zero attached hydrogens (tertiary/aromatic N) is 1. The van der Waals surface area contributed by atoms with Crippen molar-refractivity contribution in [2.45, 2.75) is 94.9 Å². The van der Waals surface area contributed by atoms with Gasteiger partial charge in [-0.2, -0.15) is 26.3 Å². The number of carbonyl (C=O) groups is 1. The van der Waals surface area contributed by atoms with Crippen LogP contribution in [0.1, 0.15) is 75.5 Å². The summed E-state index contributed by atoms with van der Waals surface area (Å²) in [6, 6.07) is 7.77. The van der Waals surface area contributed by atoms with E-state index in [-0.39, 0.29) is 54.9 Å². The van der Waals surface area contributed by atoms with Crippen LogP contribution in [0.3, 0.4) is 0 Å². The van der Waals surface area contributed by atoms with Crippen molar-refractivity contribution in [3.05, 3.63) is 41.5 Å². The molecule has 0 amide bonds. The average molecular weight is 544 g/mol. The van der Waals surface area contributed by atoms with E-state index in [1.54, 1.807) is 18.2 Å². The van der Waals surface area contributed by atoms with Gasteiger partial charge >= 0.3 is 18.3 Å². The molecule has 2 unspecified atom stereocenters. The fraction of sp³-hybridized carbons (Fsp3) is 0.607. The van der Waals surface area contributed by atoms with E-state index in [1.807, 2.05) is 13.0 Å². The number of piperidine rings is 1. The molecule has 1 N–H and O–H groups in total. The van der Waals surface area contributed by atoms with E-state index in [1.165, 1.54) is 6.07 Å². The Hall–Kier alpha value is -2.49. The summed E-state index contributed by atoms with van der Waals surface area (Å²) in [4.78, 5) is 13.8. The third-order valence-corrected chi connectivity index (χ3v) is 8.79. The van der Waals surface area contributed by atoms with Crippen LogP contribution < -0.4 is 4.74 Å². The van der Waals surface area contributed by atoms with E-state index in [0.717, 1.165) is 12.8 Å². The maximum Gasteiger partial charge on any atom is 0.420 e. The van der Waals surface area contributed by atoms with E-state index in [4.69, 9.17) is 4.74 Å². The molecule has 2 bridgehead atoms. The zero-order valence-electron chi connectivity index (χ0n) is 21.0. The SMILES string of the molecule is C[C@@H](c1ccc2ccc(OC3CCC(C(F)(F)F)CC3)c(C(F)(F)F)c2c1)N1C2CCC1CC(C(=O)O)C2. The van der Waals surface area contributed by atoms with Gasteiger partial charge in [-0.15, -0.1) is 0 Å². The molecular formula is C28H31F6NO3. The average Bonchev–Trinajstić information content (AvgIpc) is 3.10. The number of alkyl halides is 6. The lowest BCUT2D eigenvalue weighted by Gasteiger charge is -2.41. The predicted octanol–water partition coefficient (Wildman–Crippen LogP) is 7.75. The highest BCUT2D eigenvalue weighted by Crippen LogP contribution is 2.47. The minimum Gasteiger partial charge on any atom is -0.490 e. The summed E-state index contributed by atoms with van der Waals surface area (Å²) in [5.41, 5.74) is -0.203. The molecule has 0 radical (unpaired) electrons. The molecule has 4 nitrogen and oxygen atoms in total. The molecule has 208 valence electrons. The van der Waals surface area contributed by atoms with Crippen LogP contribution in [0.25, 0.3) is 10.8 Å². The number of carboxylic acid groups (broad SMARTS) is 1. The number of halogens is 6. The molecule has 2 saturated heterocycles. The molecule has 38 heavy (non-hydrogen) atoms. The summed E-state index contributed by atoms with van der Waals surface area (Å²) in [5, 5.41) is 9.87. The molecule has 3 fully saturated rings. The maximum absolute atomic E-state index is 14.4. The third kappa shape index (κ3) is 5.20. The molecule has 1 aliphatic carbocycles. The normalized spacial score (nSPS) is 29.4. The number of carboxylic acids is 1. The minimum absolute atomic E-state index is 0.00361. The maximum atomic E-state index is 14.4. The van der Waals surface area contributed by atoms with Crippen LogP contribution in [0.4, 0.5) is 26.3 Å². The van der Waals surface area contributed by atoms with Crippen molar-refractivity contribution in [1.29, 1.82) is 0 Å². The standard InChI is InChI=1S/C28H31F6NO3/c1-15(35-20-7-8-21(35)13-18(12-20)26(36)37)17-3-2-16-4-11-24(25(23(16)14-17)28(32,33)34)38-22-9-5-19(6-10-22)27(29,30)31/h2-4,11,14-15,18-22H,5-10,12-13H2,1H3,(H,36,37)/t15-,18?,19?,20?,21?,22?/m0/s1. The molecule has 2 heterocycles. The molecular weight excluding hydrogens is 512 g/mol. The summed E-state index contributed by atoms with van der Waals surface area (Å²) in [5.74, 6) is -2.99. The molecule has 2 aliphatic heterocycles. The van der Waals surface area contributed by atoms with Crippen LogP contribution in [0, 0.1) is 11.8 Å². The summed E-state index contributed by atoms with van der Waals surface area (Å²) in [6.45, 7) is 1.94. The summed E-state index contributed by atoms with van der Waals surface area (Å²) in [7, 11) is 0. The van der Waals surface area contributed by atoms with Crippen LogP contribution in [-0.4, -0.2) is 40.3 Å². The van der Waals surface area contributed by atoms with Gasteiger partial charge in [0.25, 0.3) is 0 Å². The topological polar surface area (TPSA) is 49.8 Å². The Morgan fingerprint density at radius 2 is 1.55 bits per heavy atom. The Morgan fingerprint density at radius 1 is 0.947 bits per heavy atom. The highest BCUT2D eigenvalue weighted by Gasteiger charge is 2.46. The first kappa shape index (κ1) is 27.1. The Bertz CT molecular complexity index is 1170. The van der Waals surface area contributed by atoms with Gasteiger partial charge in [0.1, 0.15) is 11.3 Å². The first-order valence-electron chi connectivity index (χ1n) is 13.2. The van der Waals surface area contributed by atoms with Crippen molar-refractivity contribution >= 4 is 16.7 Å².